The van der Waals surface area contributed by atoms with Crippen molar-refractivity contribution >= 4 is 5.97 Å². The lowest BCUT2D eigenvalue weighted by Crippen LogP contribution is -2.22. The van der Waals surface area contributed by atoms with Gasteiger partial charge < -0.3 is 23.5 Å². The van der Waals surface area contributed by atoms with Crippen molar-refractivity contribution in [3.63, 3.8) is 0 Å². The molecular weight excluding hydrogens is 350 g/mol. The highest BCUT2D eigenvalue weighted by Crippen LogP contribution is 2.43. The minimum atomic E-state index is -0.864. The Balaban J connectivity index is 2.23. The fourth-order valence-corrected chi connectivity index (χ4v) is 3.47. The van der Waals surface area contributed by atoms with Crippen LogP contribution < -0.4 is 19.6 Å². The molecule has 0 radical (unpaired) electrons. The number of carbonyl (C=O) groups excluding carboxylic acids is 1. The Hall–Kier alpha value is -2.96. The van der Waals surface area contributed by atoms with Crippen LogP contribution in [0.2, 0.25) is 0 Å². The van der Waals surface area contributed by atoms with Gasteiger partial charge in [-0.3, -0.25) is 4.79 Å². The first-order chi connectivity index (χ1) is 13.0. The number of cyclic esters (lactones) is 1. The van der Waals surface area contributed by atoms with Crippen molar-refractivity contribution in [2.75, 3.05) is 21.3 Å². The van der Waals surface area contributed by atoms with Gasteiger partial charge in [-0.1, -0.05) is 13.3 Å². The van der Waals surface area contributed by atoms with Crippen LogP contribution in [-0.4, -0.2) is 31.9 Å². The molecule has 0 amide bonds. The lowest BCUT2D eigenvalue weighted by atomic mass is 9.97. The van der Waals surface area contributed by atoms with Gasteiger partial charge in [0.25, 0.3) is 0 Å². The molecule has 2 heterocycles. The van der Waals surface area contributed by atoms with Gasteiger partial charge in [-0.05, 0) is 12.5 Å². The Labute approximate surface area is 157 Å². The number of hydrogen-bond donors (Lipinski definition) is 0. The van der Waals surface area contributed by atoms with Gasteiger partial charge in [-0.25, -0.2) is 4.79 Å². The maximum atomic E-state index is 13.1. The summed E-state index contributed by atoms with van der Waals surface area (Å²) >= 11 is 0. The number of aryl methyl sites for hydroxylation is 1. The number of nitrogens with zero attached hydrogens (tertiary/aromatic N) is 1. The lowest BCUT2D eigenvalue weighted by molar-refractivity contribution is 0.0451. The number of pyridine rings is 1. The molecule has 1 aromatic carbocycles. The van der Waals surface area contributed by atoms with Crippen LogP contribution in [0.3, 0.4) is 0 Å². The Morgan fingerprint density at radius 3 is 2.44 bits per heavy atom. The number of fused-ring (bicyclic) bond motifs is 1. The van der Waals surface area contributed by atoms with Gasteiger partial charge in [-0.2, -0.15) is 0 Å². The molecule has 0 bridgehead atoms. The number of ether oxygens (including phenoxy) is 4. The van der Waals surface area contributed by atoms with Crippen LogP contribution in [0.1, 0.15) is 46.6 Å². The second-order valence-electron chi connectivity index (χ2n) is 6.33. The predicted molar refractivity (Wildman–Crippen MR) is 99.0 cm³/mol. The van der Waals surface area contributed by atoms with E-state index in [4.69, 9.17) is 18.9 Å². The SMILES string of the molecule is CCCc1c(OC)c(=O)c(C2OC(=O)c3cc(OC)cc(OC)c32)cn1C. The molecule has 1 aliphatic heterocycles. The smallest absolute Gasteiger partial charge is 0.339 e. The van der Waals surface area contributed by atoms with Gasteiger partial charge in [0, 0.05) is 19.3 Å². The van der Waals surface area contributed by atoms with Crippen LogP contribution in [-0.2, 0) is 18.2 Å². The number of hydrogen-bond acceptors (Lipinski definition) is 6. The summed E-state index contributed by atoms with van der Waals surface area (Å²) in [5, 5.41) is 0. The summed E-state index contributed by atoms with van der Waals surface area (Å²) in [4.78, 5) is 25.5. The van der Waals surface area contributed by atoms with E-state index in [9.17, 15) is 9.59 Å². The van der Waals surface area contributed by atoms with Crippen molar-refractivity contribution in [3.05, 3.63) is 50.9 Å². The molecule has 144 valence electrons. The highest BCUT2D eigenvalue weighted by molar-refractivity contribution is 5.96. The fourth-order valence-electron chi connectivity index (χ4n) is 3.47. The molecule has 0 N–H and O–H groups in total. The Bertz CT molecular complexity index is 946. The number of methoxy groups -OCH3 is 3. The summed E-state index contributed by atoms with van der Waals surface area (Å²) in [5.74, 6) is 0.658. The molecule has 0 aliphatic carbocycles. The molecule has 3 rings (SSSR count). The van der Waals surface area contributed by atoms with E-state index in [-0.39, 0.29) is 11.2 Å². The highest BCUT2D eigenvalue weighted by atomic mass is 16.6. The molecular formula is C20H23NO6. The minimum absolute atomic E-state index is 0.272. The normalized spacial score (nSPS) is 15.3. The quantitative estimate of drug-likeness (QED) is 0.725. The zero-order chi connectivity index (χ0) is 19.7. The van der Waals surface area contributed by atoms with Crippen molar-refractivity contribution in [2.45, 2.75) is 25.9 Å². The zero-order valence-electron chi connectivity index (χ0n) is 16.1. The van der Waals surface area contributed by atoms with Crippen molar-refractivity contribution in [2.24, 2.45) is 7.05 Å². The average Bonchev–Trinajstić information content (AvgIpc) is 3.00. The van der Waals surface area contributed by atoms with E-state index in [0.29, 0.717) is 34.6 Å². The zero-order valence-corrected chi connectivity index (χ0v) is 16.1. The van der Waals surface area contributed by atoms with Gasteiger partial charge >= 0.3 is 5.97 Å². The van der Waals surface area contributed by atoms with Crippen molar-refractivity contribution in [1.82, 2.24) is 4.57 Å². The van der Waals surface area contributed by atoms with Gasteiger partial charge in [0.2, 0.25) is 5.43 Å². The molecule has 1 aliphatic rings. The van der Waals surface area contributed by atoms with E-state index in [0.717, 1.165) is 12.1 Å². The molecule has 1 atom stereocenters. The van der Waals surface area contributed by atoms with E-state index < -0.39 is 12.1 Å². The van der Waals surface area contributed by atoms with E-state index in [2.05, 4.69) is 0 Å². The van der Waals surface area contributed by atoms with E-state index in [1.807, 2.05) is 18.5 Å². The summed E-state index contributed by atoms with van der Waals surface area (Å²) in [6, 6.07) is 3.26. The van der Waals surface area contributed by atoms with E-state index in [1.54, 1.807) is 18.3 Å². The predicted octanol–water partition coefficient (Wildman–Crippen LogP) is 2.62. The maximum absolute atomic E-state index is 13.1. The van der Waals surface area contributed by atoms with Gasteiger partial charge in [0.1, 0.15) is 11.5 Å². The second kappa shape index (κ2) is 7.34. The number of rotatable bonds is 6. The number of benzene rings is 1. The molecule has 27 heavy (non-hydrogen) atoms. The maximum Gasteiger partial charge on any atom is 0.339 e. The van der Waals surface area contributed by atoms with Crippen LogP contribution in [0.15, 0.2) is 23.1 Å². The molecule has 1 unspecified atom stereocenters. The lowest BCUT2D eigenvalue weighted by Gasteiger charge is -2.19. The van der Waals surface area contributed by atoms with Gasteiger partial charge in [0.15, 0.2) is 11.9 Å². The third-order valence-corrected chi connectivity index (χ3v) is 4.74. The van der Waals surface area contributed by atoms with Crippen molar-refractivity contribution in [1.29, 1.82) is 0 Å². The summed E-state index contributed by atoms with van der Waals surface area (Å²) in [6.07, 6.45) is 2.41. The second-order valence-corrected chi connectivity index (χ2v) is 6.33. The molecule has 7 nitrogen and oxygen atoms in total. The molecule has 0 saturated carbocycles. The van der Waals surface area contributed by atoms with E-state index in [1.165, 1.54) is 21.3 Å². The molecule has 1 aromatic heterocycles. The average molecular weight is 373 g/mol. The van der Waals surface area contributed by atoms with Crippen molar-refractivity contribution in [3.8, 4) is 17.2 Å². The van der Waals surface area contributed by atoms with Gasteiger partial charge in [0.05, 0.1) is 43.7 Å². The van der Waals surface area contributed by atoms with Crippen LogP contribution in [0.25, 0.3) is 0 Å². The third kappa shape index (κ3) is 3.03. The standard InChI is InChI=1S/C20H23NO6/c1-6-7-14-19(26-5)17(22)13(10-21(14)2)18-16-12(20(23)27-18)8-11(24-3)9-15(16)25-4/h8-10,18H,6-7H2,1-5H3. The monoisotopic (exact) mass is 373 g/mol. The van der Waals surface area contributed by atoms with E-state index >= 15 is 0 Å². The molecule has 0 saturated heterocycles. The highest BCUT2D eigenvalue weighted by Gasteiger charge is 2.38. The fraction of sp³-hybridized carbons (Fsp3) is 0.400. The number of esters is 1. The van der Waals surface area contributed by atoms with Crippen LogP contribution in [0.4, 0.5) is 0 Å². The number of carbonyl (C=O) groups is 1. The Kier molecular flexibility index (Phi) is 5.12. The van der Waals surface area contributed by atoms with Crippen LogP contribution >= 0.6 is 0 Å². The molecule has 0 spiro atoms. The topological polar surface area (TPSA) is 76.0 Å². The first-order valence-corrected chi connectivity index (χ1v) is 8.70. The first kappa shape index (κ1) is 18.8. The van der Waals surface area contributed by atoms with Crippen LogP contribution in [0.5, 0.6) is 17.2 Å². The summed E-state index contributed by atoms with van der Waals surface area (Å²) in [6.45, 7) is 2.03. The summed E-state index contributed by atoms with van der Waals surface area (Å²) in [7, 11) is 6.32. The minimum Gasteiger partial charge on any atom is -0.497 e. The Morgan fingerprint density at radius 1 is 1.11 bits per heavy atom. The summed E-state index contributed by atoms with van der Waals surface area (Å²) in [5.41, 5.74) is 1.69. The first-order valence-electron chi connectivity index (χ1n) is 8.70. The van der Waals surface area contributed by atoms with Crippen molar-refractivity contribution < 1.29 is 23.7 Å². The number of aromatic nitrogens is 1. The largest absolute Gasteiger partial charge is 0.497 e. The van der Waals surface area contributed by atoms with Gasteiger partial charge in [-0.15, -0.1) is 0 Å². The third-order valence-electron chi connectivity index (χ3n) is 4.74. The van der Waals surface area contributed by atoms with Crippen LogP contribution in [0, 0.1) is 0 Å². The summed E-state index contributed by atoms with van der Waals surface area (Å²) < 4.78 is 23.4. The Morgan fingerprint density at radius 2 is 1.85 bits per heavy atom. The molecule has 2 aromatic rings. The molecule has 7 heteroatoms. The molecule has 0 fully saturated rings.